The van der Waals surface area contributed by atoms with Crippen molar-refractivity contribution in [2.24, 2.45) is 5.92 Å². The zero-order valence-corrected chi connectivity index (χ0v) is 14.0. The molecular weight excluding hydrogens is 308 g/mol. The van der Waals surface area contributed by atoms with Crippen molar-refractivity contribution in [1.29, 1.82) is 0 Å². The Morgan fingerprint density at radius 3 is 2.83 bits per heavy atom. The molecule has 3 rings (SSSR count). The van der Waals surface area contributed by atoms with Gasteiger partial charge in [-0.3, -0.25) is 14.4 Å². The van der Waals surface area contributed by atoms with Crippen LogP contribution in [0.25, 0.3) is 0 Å². The number of fused-ring (bicyclic) bond motifs is 4. The van der Waals surface area contributed by atoms with Gasteiger partial charge in [0.05, 0.1) is 19.2 Å². The number of rotatable bonds is 4. The minimum absolute atomic E-state index is 0.0375. The third kappa shape index (κ3) is 2.62. The van der Waals surface area contributed by atoms with E-state index in [1.807, 2.05) is 13.0 Å². The maximum atomic E-state index is 13.0. The van der Waals surface area contributed by atoms with E-state index < -0.39 is 11.4 Å². The summed E-state index contributed by atoms with van der Waals surface area (Å²) in [5, 5.41) is 2.84. The predicted molar refractivity (Wildman–Crippen MR) is 86.5 cm³/mol. The van der Waals surface area contributed by atoms with E-state index >= 15 is 0 Å². The number of Topliss-reactive ketones (excluding diaryl/α,β-unsaturated/α-hetero) is 2. The number of hydrogen-bond donors (Lipinski definition) is 1. The average Bonchev–Trinajstić information content (AvgIpc) is 2.49. The second-order valence-corrected chi connectivity index (χ2v) is 6.54. The summed E-state index contributed by atoms with van der Waals surface area (Å²) in [6, 6.07) is 3.49. The molecule has 0 aromatic carbocycles. The van der Waals surface area contributed by atoms with E-state index in [0.717, 1.165) is 11.3 Å². The van der Waals surface area contributed by atoms with Gasteiger partial charge in [-0.05, 0) is 19.9 Å². The Morgan fingerprint density at radius 1 is 1.42 bits per heavy atom. The molecule has 0 saturated heterocycles. The van der Waals surface area contributed by atoms with Crippen LogP contribution in [0.15, 0.2) is 23.8 Å². The normalized spacial score (nSPS) is 24.7. The predicted octanol–water partition coefficient (Wildman–Crippen LogP) is 1.47. The number of methoxy groups -OCH3 is 1. The van der Waals surface area contributed by atoms with Gasteiger partial charge >= 0.3 is 0 Å². The van der Waals surface area contributed by atoms with Crippen molar-refractivity contribution in [2.45, 2.75) is 38.6 Å². The van der Waals surface area contributed by atoms with Gasteiger partial charge in [-0.2, -0.15) is 0 Å². The minimum atomic E-state index is -1.14. The monoisotopic (exact) mass is 328 g/mol. The van der Waals surface area contributed by atoms with Crippen molar-refractivity contribution in [3.05, 3.63) is 35.0 Å². The van der Waals surface area contributed by atoms with Crippen LogP contribution < -0.4 is 10.1 Å². The first-order valence-corrected chi connectivity index (χ1v) is 7.92. The number of ether oxygens (including phenoxy) is 1. The lowest BCUT2D eigenvalue weighted by atomic mass is 9.65. The van der Waals surface area contributed by atoms with Crippen LogP contribution in [0.4, 0.5) is 0 Å². The molecule has 0 radical (unpaired) electrons. The molecule has 0 aliphatic heterocycles. The summed E-state index contributed by atoms with van der Waals surface area (Å²) in [5.41, 5.74) is 1.37. The lowest BCUT2D eigenvalue weighted by Gasteiger charge is -2.43. The number of hydrogen-bond acceptors (Lipinski definition) is 5. The first kappa shape index (κ1) is 16.4. The molecule has 1 aromatic heterocycles. The van der Waals surface area contributed by atoms with Crippen molar-refractivity contribution in [1.82, 2.24) is 10.3 Å². The van der Waals surface area contributed by atoms with Gasteiger partial charge in [0, 0.05) is 30.4 Å². The maximum absolute atomic E-state index is 13.0. The third-order valence-electron chi connectivity index (χ3n) is 4.58. The number of aromatic nitrogens is 1. The summed E-state index contributed by atoms with van der Waals surface area (Å²) in [6.07, 6.45) is 2.60. The van der Waals surface area contributed by atoms with Crippen LogP contribution in [-0.4, -0.2) is 29.6 Å². The zero-order valence-electron chi connectivity index (χ0n) is 14.0. The number of ketones is 2. The molecule has 0 saturated carbocycles. The van der Waals surface area contributed by atoms with Gasteiger partial charge in [0.2, 0.25) is 11.8 Å². The van der Waals surface area contributed by atoms with Crippen LogP contribution >= 0.6 is 0 Å². The molecule has 2 bridgehead atoms. The molecule has 1 amide bonds. The SMILES string of the molecule is COc1ccc2c(n1)C[C@@H]1C=C(C)C[C@@]2(NC(=O)CC(C)=O)C1=O. The summed E-state index contributed by atoms with van der Waals surface area (Å²) in [7, 11) is 1.54. The summed E-state index contributed by atoms with van der Waals surface area (Å²) in [6.45, 7) is 3.31. The minimum Gasteiger partial charge on any atom is -0.481 e. The Hall–Kier alpha value is -2.50. The summed E-state index contributed by atoms with van der Waals surface area (Å²) in [4.78, 5) is 41.0. The molecule has 0 spiro atoms. The Kier molecular flexibility index (Phi) is 3.99. The fourth-order valence-electron chi connectivity index (χ4n) is 3.71. The Balaban J connectivity index is 2.09. The molecule has 0 unspecified atom stereocenters. The molecular formula is C18H20N2O4. The first-order chi connectivity index (χ1) is 11.4. The highest BCUT2D eigenvalue weighted by Gasteiger charge is 2.51. The van der Waals surface area contributed by atoms with E-state index in [4.69, 9.17) is 4.74 Å². The Labute approximate surface area is 140 Å². The lowest BCUT2D eigenvalue weighted by molar-refractivity contribution is -0.137. The van der Waals surface area contributed by atoms with Gasteiger partial charge in [0.15, 0.2) is 5.78 Å². The van der Waals surface area contributed by atoms with Crippen LogP contribution in [-0.2, 0) is 26.3 Å². The van der Waals surface area contributed by atoms with E-state index in [1.165, 1.54) is 14.0 Å². The molecule has 1 heterocycles. The van der Waals surface area contributed by atoms with Gasteiger partial charge in [-0.15, -0.1) is 0 Å². The molecule has 2 atom stereocenters. The average molecular weight is 328 g/mol. The van der Waals surface area contributed by atoms with E-state index in [-0.39, 0.29) is 23.9 Å². The van der Waals surface area contributed by atoms with Gasteiger partial charge < -0.3 is 10.1 Å². The second-order valence-electron chi connectivity index (χ2n) is 6.54. The van der Waals surface area contributed by atoms with E-state index in [2.05, 4.69) is 10.3 Å². The number of carbonyl (C=O) groups excluding carboxylic acids is 3. The van der Waals surface area contributed by atoms with E-state index in [0.29, 0.717) is 24.3 Å². The topological polar surface area (TPSA) is 85.4 Å². The number of carbonyl (C=O) groups is 3. The smallest absolute Gasteiger partial charge is 0.228 e. The molecule has 1 aromatic rings. The molecule has 0 fully saturated rings. The van der Waals surface area contributed by atoms with Gasteiger partial charge in [-0.1, -0.05) is 11.6 Å². The van der Waals surface area contributed by atoms with Crippen molar-refractivity contribution < 1.29 is 19.1 Å². The van der Waals surface area contributed by atoms with Crippen molar-refractivity contribution in [3.63, 3.8) is 0 Å². The van der Waals surface area contributed by atoms with Gasteiger partial charge in [0.1, 0.15) is 11.3 Å². The highest BCUT2D eigenvalue weighted by Crippen LogP contribution is 2.44. The van der Waals surface area contributed by atoms with Gasteiger partial charge in [-0.25, -0.2) is 4.98 Å². The summed E-state index contributed by atoms with van der Waals surface area (Å²) < 4.78 is 5.17. The molecule has 1 N–H and O–H groups in total. The standard InChI is InChI=1S/C18H20N2O4/c1-10-6-12-8-14-13(4-5-16(19-14)24-3)18(9-10,17(12)23)20-15(22)7-11(2)21/h4-6,12H,7-9H2,1-3H3,(H,20,22)/t12-,18-/m0/s1. The molecule has 126 valence electrons. The molecule has 24 heavy (non-hydrogen) atoms. The Bertz CT molecular complexity index is 768. The third-order valence-corrected chi connectivity index (χ3v) is 4.58. The molecule has 6 nitrogen and oxygen atoms in total. The van der Waals surface area contributed by atoms with E-state index in [9.17, 15) is 14.4 Å². The number of nitrogens with zero attached hydrogens (tertiary/aromatic N) is 1. The van der Waals surface area contributed by atoms with Gasteiger partial charge in [0.25, 0.3) is 0 Å². The number of amides is 1. The second kappa shape index (κ2) is 5.85. The number of pyridine rings is 1. The highest BCUT2D eigenvalue weighted by atomic mass is 16.5. The fourth-order valence-corrected chi connectivity index (χ4v) is 3.71. The molecule has 6 heteroatoms. The molecule has 2 aliphatic carbocycles. The van der Waals surface area contributed by atoms with Crippen molar-refractivity contribution >= 4 is 17.5 Å². The molecule has 2 aliphatic rings. The van der Waals surface area contributed by atoms with Crippen LogP contribution in [0.3, 0.4) is 0 Å². The van der Waals surface area contributed by atoms with Crippen LogP contribution in [0.5, 0.6) is 5.88 Å². The zero-order chi connectivity index (χ0) is 17.5. The summed E-state index contributed by atoms with van der Waals surface area (Å²) >= 11 is 0. The van der Waals surface area contributed by atoms with Crippen LogP contribution in [0.2, 0.25) is 0 Å². The lowest BCUT2D eigenvalue weighted by Crippen LogP contribution is -2.58. The number of allylic oxidation sites excluding steroid dienone is 1. The fraction of sp³-hybridized carbons (Fsp3) is 0.444. The quantitative estimate of drug-likeness (QED) is 0.668. The van der Waals surface area contributed by atoms with E-state index in [1.54, 1.807) is 12.1 Å². The van der Waals surface area contributed by atoms with Crippen molar-refractivity contribution in [2.75, 3.05) is 7.11 Å². The highest BCUT2D eigenvalue weighted by molar-refractivity contribution is 6.03. The first-order valence-electron chi connectivity index (χ1n) is 7.92. The van der Waals surface area contributed by atoms with Crippen LogP contribution in [0.1, 0.15) is 37.9 Å². The maximum Gasteiger partial charge on any atom is 0.228 e. The Morgan fingerprint density at radius 2 is 2.17 bits per heavy atom. The van der Waals surface area contributed by atoms with Crippen LogP contribution in [0, 0.1) is 5.92 Å². The van der Waals surface area contributed by atoms with Crippen molar-refractivity contribution in [3.8, 4) is 5.88 Å². The largest absolute Gasteiger partial charge is 0.481 e. The summed E-state index contributed by atoms with van der Waals surface area (Å²) in [5.74, 6) is -0.548. The number of nitrogens with one attached hydrogen (secondary N) is 1.